The third-order valence-corrected chi connectivity index (χ3v) is 2.16. The molecule has 2 aromatic rings. The molecule has 0 aliphatic carbocycles. The first-order valence-electron chi connectivity index (χ1n) is 4.72. The number of rotatable bonds is 2. The van der Waals surface area contributed by atoms with Gasteiger partial charge >= 0.3 is 0 Å². The van der Waals surface area contributed by atoms with Crippen LogP contribution in [0.1, 0.15) is 23.1 Å². The van der Waals surface area contributed by atoms with Crippen LogP contribution in [0, 0.1) is 6.92 Å². The lowest BCUT2D eigenvalue weighted by Gasteiger charge is -2.09. The van der Waals surface area contributed by atoms with Gasteiger partial charge in [0.1, 0.15) is 5.82 Å². The van der Waals surface area contributed by atoms with Crippen LogP contribution < -0.4 is 5.73 Å². The molecule has 1 atom stereocenters. The lowest BCUT2D eigenvalue weighted by Crippen LogP contribution is -2.15. The zero-order valence-corrected chi connectivity index (χ0v) is 8.46. The van der Waals surface area contributed by atoms with Crippen LogP contribution in [0.2, 0.25) is 0 Å². The fourth-order valence-electron chi connectivity index (χ4n) is 1.28. The van der Waals surface area contributed by atoms with Crippen molar-refractivity contribution >= 4 is 0 Å². The van der Waals surface area contributed by atoms with Gasteiger partial charge in [-0.05, 0) is 24.6 Å². The van der Waals surface area contributed by atoms with E-state index in [1.165, 1.54) is 0 Å². The maximum atomic E-state index is 6.00. The summed E-state index contributed by atoms with van der Waals surface area (Å²) in [6.07, 6.45) is 5.13. The normalized spacial score (nSPS) is 12.4. The first kappa shape index (κ1) is 9.73. The van der Waals surface area contributed by atoms with Crippen molar-refractivity contribution in [3.05, 3.63) is 53.9 Å². The van der Waals surface area contributed by atoms with Gasteiger partial charge in [0, 0.05) is 24.3 Å². The van der Waals surface area contributed by atoms with Gasteiger partial charge in [0.05, 0.1) is 6.04 Å². The topological polar surface area (TPSA) is 64.7 Å². The van der Waals surface area contributed by atoms with E-state index < -0.39 is 0 Å². The summed E-state index contributed by atoms with van der Waals surface area (Å²) in [4.78, 5) is 12.4. The second kappa shape index (κ2) is 4.14. The van der Waals surface area contributed by atoms with Crippen molar-refractivity contribution < 1.29 is 0 Å². The minimum absolute atomic E-state index is 0.306. The van der Waals surface area contributed by atoms with Crippen LogP contribution in [0.3, 0.4) is 0 Å². The van der Waals surface area contributed by atoms with Gasteiger partial charge in [0.25, 0.3) is 0 Å². The van der Waals surface area contributed by atoms with Crippen LogP contribution in [-0.4, -0.2) is 15.0 Å². The molecule has 15 heavy (non-hydrogen) atoms. The Morgan fingerprint density at radius 2 is 1.87 bits per heavy atom. The average Bonchev–Trinajstić information content (AvgIpc) is 2.30. The van der Waals surface area contributed by atoms with E-state index in [4.69, 9.17) is 5.73 Å². The van der Waals surface area contributed by atoms with E-state index >= 15 is 0 Å². The molecule has 2 aromatic heterocycles. The third-order valence-electron chi connectivity index (χ3n) is 2.16. The highest BCUT2D eigenvalue weighted by Gasteiger charge is 2.10. The van der Waals surface area contributed by atoms with Gasteiger partial charge in [-0.3, -0.25) is 4.98 Å². The standard InChI is InChI=1S/C11H12N4/c1-8-3-4-9(7-15-8)10(12)11-13-5-2-6-14-11/h2-7,10H,12H2,1H3. The van der Waals surface area contributed by atoms with E-state index in [2.05, 4.69) is 15.0 Å². The summed E-state index contributed by atoms with van der Waals surface area (Å²) in [5, 5.41) is 0. The second-order valence-electron chi connectivity index (χ2n) is 3.32. The van der Waals surface area contributed by atoms with Crippen molar-refractivity contribution in [2.75, 3.05) is 0 Å². The van der Waals surface area contributed by atoms with Crippen LogP contribution in [-0.2, 0) is 0 Å². The lowest BCUT2D eigenvalue weighted by molar-refractivity contribution is 0.775. The average molecular weight is 200 g/mol. The molecule has 1 unspecified atom stereocenters. The molecule has 0 saturated carbocycles. The SMILES string of the molecule is Cc1ccc(C(N)c2ncccn2)cn1. The Balaban J connectivity index is 2.29. The molecule has 0 spiro atoms. The molecule has 0 amide bonds. The lowest BCUT2D eigenvalue weighted by atomic mass is 10.1. The molecule has 0 radical (unpaired) electrons. The molecule has 0 saturated heterocycles. The molecule has 0 aromatic carbocycles. The van der Waals surface area contributed by atoms with Gasteiger partial charge in [0.2, 0.25) is 0 Å². The molecule has 0 aliphatic heterocycles. The summed E-state index contributed by atoms with van der Waals surface area (Å²) >= 11 is 0. The van der Waals surface area contributed by atoms with E-state index in [9.17, 15) is 0 Å². The van der Waals surface area contributed by atoms with E-state index in [-0.39, 0.29) is 6.04 Å². The minimum atomic E-state index is -0.306. The highest BCUT2D eigenvalue weighted by Crippen LogP contribution is 2.14. The van der Waals surface area contributed by atoms with Crippen LogP contribution in [0.5, 0.6) is 0 Å². The van der Waals surface area contributed by atoms with Crippen LogP contribution in [0.25, 0.3) is 0 Å². The Morgan fingerprint density at radius 1 is 1.13 bits per heavy atom. The highest BCUT2D eigenvalue weighted by molar-refractivity contribution is 5.22. The maximum Gasteiger partial charge on any atom is 0.149 e. The van der Waals surface area contributed by atoms with Crippen molar-refractivity contribution in [2.45, 2.75) is 13.0 Å². The quantitative estimate of drug-likeness (QED) is 0.791. The van der Waals surface area contributed by atoms with Crippen molar-refractivity contribution in [2.24, 2.45) is 5.73 Å². The van der Waals surface area contributed by atoms with Crippen LogP contribution in [0.4, 0.5) is 0 Å². The number of pyridine rings is 1. The molecule has 2 heterocycles. The molecule has 4 nitrogen and oxygen atoms in total. The van der Waals surface area contributed by atoms with Crippen molar-refractivity contribution in [1.29, 1.82) is 0 Å². The third kappa shape index (κ3) is 2.16. The Bertz CT molecular complexity index is 424. The fourth-order valence-corrected chi connectivity index (χ4v) is 1.28. The minimum Gasteiger partial charge on any atom is -0.318 e. The first-order chi connectivity index (χ1) is 7.27. The number of hydrogen-bond acceptors (Lipinski definition) is 4. The Labute approximate surface area is 88.2 Å². The highest BCUT2D eigenvalue weighted by atomic mass is 14.9. The molecule has 76 valence electrons. The second-order valence-corrected chi connectivity index (χ2v) is 3.32. The van der Waals surface area contributed by atoms with E-state index in [1.807, 2.05) is 19.1 Å². The summed E-state index contributed by atoms with van der Waals surface area (Å²) in [5.41, 5.74) is 7.90. The maximum absolute atomic E-state index is 6.00. The van der Waals surface area contributed by atoms with Gasteiger partial charge in [-0.25, -0.2) is 9.97 Å². The molecular weight excluding hydrogens is 188 g/mol. The van der Waals surface area contributed by atoms with Crippen LogP contribution in [0.15, 0.2) is 36.8 Å². The summed E-state index contributed by atoms with van der Waals surface area (Å²) in [6.45, 7) is 1.94. The zero-order chi connectivity index (χ0) is 10.7. The van der Waals surface area contributed by atoms with Gasteiger partial charge in [-0.15, -0.1) is 0 Å². The summed E-state index contributed by atoms with van der Waals surface area (Å²) in [7, 11) is 0. The first-order valence-corrected chi connectivity index (χ1v) is 4.72. The molecular formula is C11H12N4. The van der Waals surface area contributed by atoms with Gasteiger partial charge in [-0.2, -0.15) is 0 Å². The smallest absolute Gasteiger partial charge is 0.149 e. The van der Waals surface area contributed by atoms with E-state index in [0.717, 1.165) is 11.3 Å². The predicted molar refractivity (Wildman–Crippen MR) is 57.0 cm³/mol. The monoisotopic (exact) mass is 200 g/mol. The predicted octanol–water partition coefficient (Wildman–Crippen LogP) is 1.23. The number of nitrogens with two attached hydrogens (primary N) is 1. The number of nitrogens with zero attached hydrogens (tertiary/aromatic N) is 3. The van der Waals surface area contributed by atoms with Gasteiger partial charge in [0.15, 0.2) is 0 Å². The van der Waals surface area contributed by atoms with Crippen molar-refractivity contribution in [1.82, 2.24) is 15.0 Å². The molecule has 0 bridgehead atoms. The Hall–Kier alpha value is -1.81. The fraction of sp³-hybridized carbons (Fsp3) is 0.182. The van der Waals surface area contributed by atoms with Crippen molar-refractivity contribution in [3.8, 4) is 0 Å². The molecule has 2 N–H and O–H groups in total. The Morgan fingerprint density at radius 3 is 2.47 bits per heavy atom. The molecule has 4 heteroatoms. The summed E-state index contributed by atoms with van der Waals surface area (Å²) in [5.74, 6) is 0.614. The zero-order valence-electron chi connectivity index (χ0n) is 8.46. The largest absolute Gasteiger partial charge is 0.318 e. The molecule has 0 fully saturated rings. The van der Waals surface area contributed by atoms with Crippen molar-refractivity contribution in [3.63, 3.8) is 0 Å². The Kier molecular flexibility index (Phi) is 2.69. The number of aromatic nitrogens is 3. The van der Waals surface area contributed by atoms with E-state index in [0.29, 0.717) is 5.82 Å². The number of hydrogen-bond donors (Lipinski definition) is 1. The summed E-state index contributed by atoms with van der Waals surface area (Å²) in [6, 6.07) is 5.34. The van der Waals surface area contributed by atoms with Gasteiger partial charge < -0.3 is 5.73 Å². The van der Waals surface area contributed by atoms with Gasteiger partial charge in [-0.1, -0.05) is 6.07 Å². The molecule has 2 rings (SSSR count). The number of aryl methyl sites for hydroxylation is 1. The summed E-state index contributed by atoms with van der Waals surface area (Å²) < 4.78 is 0. The molecule has 0 aliphatic rings. The van der Waals surface area contributed by atoms with Crippen LogP contribution >= 0.6 is 0 Å². The van der Waals surface area contributed by atoms with E-state index in [1.54, 1.807) is 24.7 Å².